The molecule has 4 nitrogen and oxygen atoms in total. The van der Waals surface area contributed by atoms with Crippen LogP contribution in [-0.2, 0) is 11.3 Å². The molecule has 7 heteroatoms. The summed E-state index contributed by atoms with van der Waals surface area (Å²) in [6, 6.07) is 4.56. The molecule has 1 heterocycles. The molecule has 1 saturated heterocycles. The topological polar surface area (TPSA) is 41.9 Å². The van der Waals surface area contributed by atoms with Gasteiger partial charge in [0.05, 0.1) is 13.7 Å². The van der Waals surface area contributed by atoms with E-state index in [9.17, 15) is 18.3 Å². The van der Waals surface area contributed by atoms with Crippen molar-refractivity contribution in [3.8, 4) is 11.5 Å². The summed E-state index contributed by atoms with van der Waals surface area (Å²) in [6.45, 7) is 0.493. The van der Waals surface area contributed by atoms with E-state index in [-0.39, 0.29) is 25.4 Å². The van der Waals surface area contributed by atoms with E-state index in [2.05, 4.69) is 0 Å². The highest BCUT2D eigenvalue weighted by Crippen LogP contribution is 2.28. The van der Waals surface area contributed by atoms with Crippen molar-refractivity contribution in [1.82, 2.24) is 4.90 Å². The van der Waals surface area contributed by atoms with Gasteiger partial charge in [0.15, 0.2) is 6.10 Å². The first-order valence-corrected chi connectivity index (χ1v) is 6.16. The molecule has 0 radical (unpaired) electrons. The van der Waals surface area contributed by atoms with E-state index in [1.165, 1.54) is 19.2 Å². The van der Waals surface area contributed by atoms with Crippen molar-refractivity contribution in [3.63, 3.8) is 0 Å². The van der Waals surface area contributed by atoms with Crippen LogP contribution < -0.4 is 4.74 Å². The van der Waals surface area contributed by atoms with Crippen molar-refractivity contribution < 1.29 is 27.8 Å². The molecule has 0 aromatic heterocycles. The minimum atomic E-state index is -4.36. The Bertz CT molecular complexity index is 465. The van der Waals surface area contributed by atoms with Crippen LogP contribution in [0.1, 0.15) is 5.56 Å². The Labute approximate surface area is 114 Å². The second kappa shape index (κ2) is 5.88. The van der Waals surface area contributed by atoms with Crippen LogP contribution in [0.4, 0.5) is 13.2 Å². The highest BCUT2D eigenvalue weighted by molar-refractivity contribution is 5.39. The van der Waals surface area contributed by atoms with Gasteiger partial charge in [0.25, 0.3) is 0 Å². The molecule has 2 rings (SSSR count). The second-order valence-corrected chi connectivity index (χ2v) is 4.63. The van der Waals surface area contributed by atoms with E-state index < -0.39 is 12.3 Å². The summed E-state index contributed by atoms with van der Waals surface area (Å²) in [6.07, 6.45) is -6.12. The molecule has 112 valence electrons. The van der Waals surface area contributed by atoms with Crippen LogP contribution in [-0.4, -0.2) is 49.1 Å². The molecule has 0 bridgehead atoms. The second-order valence-electron chi connectivity index (χ2n) is 4.63. The van der Waals surface area contributed by atoms with Crippen LogP contribution in [0.25, 0.3) is 0 Å². The summed E-state index contributed by atoms with van der Waals surface area (Å²) in [5, 5.41) is 9.46. The molecule has 1 aromatic carbocycles. The molecule has 0 saturated carbocycles. The molecular formula is C13H16F3NO3. The fraction of sp³-hybridized carbons (Fsp3) is 0.538. The summed E-state index contributed by atoms with van der Waals surface area (Å²) in [5.41, 5.74) is 0.648. The zero-order chi connectivity index (χ0) is 14.8. The molecule has 0 spiro atoms. The van der Waals surface area contributed by atoms with Crippen LogP contribution in [0.15, 0.2) is 18.2 Å². The number of hydrogen-bond donors (Lipinski definition) is 1. The Balaban J connectivity index is 2.08. The number of nitrogens with zero attached hydrogens (tertiary/aromatic N) is 1. The minimum absolute atomic E-state index is 0.0330. The number of phenolic OH excluding ortho intramolecular Hbond substituents is 1. The lowest BCUT2D eigenvalue weighted by Crippen LogP contribution is -2.48. The standard InChI is InChI=1S/C13H16F3NO3/c1-19-11-3-2-10(18)6-9(11)7-17-4-5-20-12(8-17)13(14,15)16/h2-3,6,12,18H,4-5,7-8H2,1H3/t12-/m1/s1. The van der Waals surface area contributed by atoms with E-state index in [0.29, 0.717) is 17.9 Å². The van der Waals surface area contributed by atoms with Gasteiger partial charge in [0, 0.05) is 25.2 Å². The molecule has 1 aromatic rings. The van der Waals surface area contributed by atoms with Crippen molar-refractivity contribution in [2.75, 3.05) is 26.8 Å². The predicted molar refractivity (Wildman–Crippen MR) is 65.7 cm³/mol. The lowest BCUT2D eigenvalue weighted by molar-refractivity contribution is -0.237. The largest absolute Gasteiger partial charge is 0.508 e. The van der Waals surface area contributed by atoms with Crippen molar-refractivity contribution >= 4 is 0 Å². The third-order valence-electron chi connectivity index (χ3n) is 3.17. The van der Waals surface area contributed by atoms with Gasteiger partial charge in [0.1, 0.15) is 11.5 Å². The third-order valence-corrected chi connectivity index (χ3v) is 3.17. The van der Waals surface area contributed by atoms with Gasteiger partial charge >= 0.3 is 6.18 Å². The van der Waals surface area contributed by atoms with E-state index in [0.717, 1.165) is 0 Å². The number of halogens is 3. The zero-order valence-electron chi connectivity index (χ0n) is 11.0. The van der Waals surface area contributed by atoms with Gasteiger partial charge in [0.2, 0.25) is 0 Å². The molecule has 1 atom stereocenters. The summed E-state index contributed by atoms with van der Waals surface area (Å²) < 4.78 is 47.8. The number of rotatable bonds is 3. The molecule has 0 amide bonds. The van der Waals surface area contributed by atoms with Crippen LogP contribution in [0, 0.1) is 0 Å². The van der Waals surface area contributed by atoms with Crippen LogP contribution in [0.5, 0.6) is 11.5 Å². The fourth-order valence-electron chi connectivity index (χ4n) is 2.17. The van der Waals surface area contributed by atoms with Gasteiger partial charge in [-0.3, -0.25) is 4.90 Å². The quantitative estimate of drug-likeness (QED) is 0.926. The Hall–Kier alpha value is -1.47. The van der Waals surface area contributed by atoms with Crippen LogP contribution in [0.3, 0.4) is 0 Å². The molecule has 1 aliphatic heterocycles. The van der Waals surface area contributed by atoms with Gasteiger partial charge in [-0.15, -0.1) is 0 Å². The Morgan fingerprint density at radius 2 is 2.20 bits per heavy atom. The molecule has 1 N–H and O–H groups in total. The molecule has 1 aliphatic rings. The lowest BCUT2D eigenvalue weighted by Gasteiger charge is -2.34. The number of morpholine rings is 1. The monoisotopic (exact) mass is 291 g/mol. The van der Waals surface area contributed by atoms with Gasteiger partial charge in [-0.1, -0.05) is 0 Å². The lowest BCUT2D eigenvalue weighted by atomic mass is 10.1. The van der Waals surface area contributed by atoms with Gasteiger partial charge in [-0.25, -0.2) is 0 Å². The maximum atomic E-state index is 12.6. The van der Waals surface area contributed by atoms with E-state index in [1.54, 1.807) is 11.0 Å². The maximum Gasteiger partial charge on any atom is 0.415 e. The SMILES string of the molecule is COc1ccc(O)cc1CN1CCO[C@@H](C(F)(F)F)C1. The third kappa shape index (κ3) is 3.55. The predicted octanol–water partition coefficient (Wildman–Crippen LogP) is 2.16. The van der Waals surface area contributed by atoms with Crippen molar-refractivity contribution in [1.29, 1.82) is 0 Å². The average molecular weight is 291 g/mol. The number of alkyl halides is 3. The minimum Gasteiger partial charge on any atom is -0.508 e. The molecule has 20 heavy (non-hydrogen) atoms. The van der Waals surface area contributed by atoms with E-state index in [1.807, 2.05) is 0 Å². The fourth-order valence-corrected chi connectivity index (χ4v) is 2.17. The molecule has 0 aliphatic carbocycles. The smallest absolute Gasteiger partial charge is 0.415 e. The van der Waals surface area contributed by atoms with Crippen LogP contribution in [0.2, 0.25) is 0 Å². The Morgan fingerprint density at radius 1 is 1.45 bits per heavy atom. The summed E-state index contributed by atoms with van der Waals surface area (Å²) in [4.78, 5) is 1.64. The Kier molecular flexibility index (Phi) is 4.39. The number of phenols is 1. The number of benzene rings is 1. The molecule has 1 fully saturated rings. The zero-order valence-corrected chi connectivity index (χ0v) is 11.0. The Morgan fingerprint density at radius 3 is 2.85 bits per heavy atom. The van der Waals surface area contributed by atoms with Crippen LogP contribution >= 0.6 is 0 Å². The average Bonchev–Trinajstić information content (AvgIpc) is 2.38. The van der Waals surface area contributed by atoms with E-state index >= 15 is 0 Å². The first-order valence-electron chi connectivity index (χ1n) is 6.16. The highest BCUT2D eigenvalue weighted by atomic mass is 19.4. The number of methoxy groups -OCH3 is 1. The number of ether oxygens (including phenoxy) is 2. The summed E-state index contributed by atoms with van der Waals surface area (Å²) in [5.74, 6) is 0.597. The maximum absolute atomic E-state index is 12.6. The summed E-state index contributed by atoms with van der Waals surface area (Å²) in [7, 11) is 1.48. The van der Waals surface area contributed by atoms with Gasteiger partial charge in [-0.05, 0) is 18.2 Å². The highest BCUT2D eigenvalue weighted by Gasteiger charge is 2.43. The van der Waals surface area contributed by atoms with Gasteiger partial charge < -0.3 is 14.6 Å². The number of aromatic hydroxyl groups is 1. The first kappa shape index (κ1) is 14.9. The van der Waals surface area contributed by atoms with Crippen molar-refractivity contribution in [3.05, 3.63) is 23.8 Å². The molecular weight excluding hydrogens is 275 g/mol. The molecule has 0 unspecified atom stereocenters. The number of hydrogen-bond acceptors (Lipinski definition) is 4. The normalized spacial score (nSPS) is 20.9. The van der Waals surface area contributed by atoms with Crippen molar-refractivity contribution in [2.24, 2.45) is 0 Å². The first-order chi connectivity index (χ1) is 9.40. The van der Waals surface area contributed by atoms with Gasteiger partial charge in [-0.2, -0.15) is 13.2 Å². The van der Waals surface area contributed by atoms with Crippen molar-refractivity contribution in [2.45, 2.75) is 18.8 Å². The van der Waals surface area contributed by atoms with E-state index in [4.69, 9.17) is 9.47 Å². The summed E-state index contributed by atoms with van der Waals surface area (Å²) >= 11 is 0.